The molecule has 35 heavy (non-hydrogen) atoms. The highest BCUT2D eigenvalue weighted by atomic mass is 32.2. The quantitative estimate of drug-likeness (QED) is 0.371. The van der Waals surface area contributed by atoms with Crippen LogP contribution in [0.4, 0.5) is 4.39 Å². The standard InChI is InChI=1S/C25H23FN4O4S/c26-20-8-10-21(11-9-20)30-16-23(34-17-19-4-2-1-3-5-19)24(29-30)25(31)28-15-14-18-6-12-22(13-7-18)35(27,32)33/h1-13,16H,14-15,17H2,(H,28,31)(H2,27,32,33). The lowest BCUT2D eigenvalue weighted by molar-refractivity contribution is 0.0944. The molecular weight excluding hydrogens is 471 g/mol. The number of benzene rings is 3. The van der Waals surface area contributed by atoms with Crippen molar-refractivity contribution in [2.75, 3.05) is 6.54 Å². The molecule has 0 saturated heterocycles. The average Bonchev–Trinajstić information content (AvgIpc) is 3.28. The molecule has 0 aliphatic carbocycles. The van der Waals surface area contributed by atoms with E-state index in [0.717, 1.165) is 11.1 Å². The zero-order valence-electron chi connectivity index (χ0n) is 18.6. The monoisotopic (exact) mass is 494 g/mol. The van der Waals surface area contributed by atoms with Gasteiger partial charge in [0.15, 0.2) is 11.4 Å². The predicted octanol–water partition coefficient (Wildman–Crippen LogP) is 3.21. The van der Waals surface area contributed by atoms with Crippen molar-refractivity contribution in [2.45, 2.75) is 17.9 Å². The average molecular weight is 495 g/mol. The van der Waals surface area contributed by atoms with E-state index in [1.807, 2.05) is 30.3 Å². The predicted molar refractivity (Wildman–Crippen MR) is 128 cm³/mol. The van der Waals surface area contributed by atoms with Crippen LogP contribution in [0.1, 0.15) is 21.6 Å². The van der Waals surface area contributed by atoms with Gasteiger partial charge in [-0.2, -0.15) is 5.10 Å². The molecule has 0 aliphatic rings. The number of primary sulfonamides is 1. The van der Waals surface area contributed by atoms with Crippen LogP contribution in [0.15, 0.2) is 90.0 Å². The molecule has 10 heteroatoms. The Morgan fingerprint density at radius 1 is 0.971 bits per heavy atom. The molecule has 1 aromatic heterocycles. The zero-order valence-corrected chi connectivity index (χ0v) is 19.4. The summed E-state index contributed by atoms with van der Waals surface area (Å²) in [4.78, 5) is 13.0. The fourth-order valence-corrected chi connectivity index (χ4v) is 3.85. The van der Waals surface area contributed by atoms with Crippen LogP contribution in [-0.4, -0.2) is 30.7 Å². The summed E-state index contributed by atoms with van der Waals surface area (Å²) >= 11 is 0. The van der Waals surface area contributed by atoms with Gasteiger partial charge in [-0.1, -0.05) is 42.5 Å². The first-order valence-corrected chi connectivity index (χ1v) is 12.3. The largest absolute Gasteiger partial charge is 0.485 e. The lowest BCUT2D eigenvalue weighted by atomic mass is 10.1. The number of nitrogens with one attached hydrogen (secondary N) is 1. The van der Waals surface area contributed by atoms with Gasteiger partial charge in [0, 0.05) is 6.54 Å². The first-order chi connectivity index (χ1) is 16.8. The highest BCUT2D eigenvalue weighted by molar-refractivity contribution is 7.89. The van der Waals surface area contributed by atoms with Gasteiger partial charge >= 0.3 is 0 Å². The van der Waals surface area contributed by atoms with Crippen LogP contribution in [0.2, 0.25) is 0 Å². The highest BCUT2D eigenvalue weighted by Crippen LogP contribution is 2.22. The number of carbonyl (C=O) groups excluding carboxylic acids is 1. The maximum atomic E-state index is 13.3. The lowest BCUT2D eigenvalue weighted by Gasteiger charge is -2.07. The summed E-state index contributed by atoms with van der Waals surface area (Å²) in [6, 6.07) is 21.4. The van der Waals surface area contributed by atoms with Crippen LogP contribution in [0.5, 0.6) is 5.75 Å². The number of carbonyl (C=O) groups is 1. The van der Waals surface area contributed by atoms with Gasteiger partial charge in [-0.3, -0.25) is 4.79 Å². The van der Waals surface area contributed by atoms with Crippen molar-refractivity contribution in [2.24, 2.45) is 5.14 Å². The van der Waals surface area contributed by atoms with Crippen molar-refractivity contribution in [3.05, 3.63) is 108 Å². The van der Waals surface area contributed by atoms with Crippen LogP contribution in [-0.2, 0) is 23.1 Å². The molecule has 4 aromatic rings. The Bertz CT molecular complexity index is 1400. The molecule has 4 rings (SSSR count). The van der Waals surface area contributed by atoms with Gasteiger partial charge < -0.3 is 10.1 Å². The lowest BCUT2D eigenvalue weighted by Crippen LogP contribution is -2.26. The molecule has 0 atom stereocenters. The Morgan fingerprint density at radius 2 is 1.66 bits per heavy atom. The van der Waals surface area contributed by atoms with Gasteiger partial charge in [-0.05, 0) is 53.9 Å². The number of rotatable bonds is 9. The van der Waals surface area contributed by atoms with E-state index < -0.39 is 15.9 Å². The first kappa shape index (κ1) is 24.1. The number of aromatic nitrogens is 2. The van der Waals surface area contributed by atoms with Crippen LogP contribution >= 0.6 is 0 Å². The summed E-state index contributed by atoms with van der Waals surface area (Å²) in [5.74, 6) is -0.528. The van der Waals surface area contributed by atoms with Crippen LogP contribution in [0.25, 0.3) is 5.69 Å². The summed E-state index contributed by atoms with van der Waals surface area (Å²) in [6.45, 7) is 0.529. The molecule has 1 amide bonds. The third kappa shape index (κ3) is 6.31. The molecule has 0 spiro atoms. The van der Waals surface area contributed by atoms with Gasteiger partial charge in [-0.15, -0.1) is 0 Å². The van der Waals surface area contributed by atoms with Gasteiger partial charge in [0.1, 0.15) is 12.4 Å². The van der Waals surface area contributed by atoms with E-state index in [1.165, 1.54) is 28.9 Å². The summed E-state index contributed by atoms with van der Waals surface area (Å²) in [6.07, 6.45) is 2.05. The normalized spacial score (nSPS) is 11.3. The minimum absolute atomic E-state index is 0.0248. The van der Waals surface area contributed by atoms with E-state index in [-0.39, 0.29) is 35.3 Å². The van der Waals surface area contributed by atoms with Gasteiger partial charge in [0.2, 0.25) is 10.0 Å². The number of amides is 1. The summed E-state index contributed by atoms with van der Waals surface area (Å²) < 4.78 is 43.4. The third-order valence-electron chi connectivity index (χ3n) is 5.18. The maximum Gasteiger partial charge on any atom is 0.275 e. The number of halogens is 1. The first-order valence-electron chi connectivity index (χ1n) is 10.7. The van der Waals surface area contributed by atoms with E-state index in [4.69, 9.17) is 9.88 Å². The SMILES string of the molecule is NS(=O)(=O)c1ccc(CCNC(=O)c2nn(-c3ccc(F)cc3)cc2OCc2ccccc2)cc1. The van der Waals surface area contributed by atoms with Crippen molar-refractivity contribution in [1.29, 1.82) is 0 Å². The fraction of sp³-hybridized carbons (Fsp3) is 0.120. The second kappa shape index (κ2) is 10.5. The molecule has 3 aromatic carbocycles. The zero-order chi connectivity index (χ0) is 24.8. The second-order valence-electron chi connectivity index (χ2n) is 7.73. The Labute approximate surface area is 202 Å². The molecule has 0 aliphatic heterocycles. The van der Waals surface area contributed by atoms with E-state index in [0.29, 0.717) is 12.1 Å². The fourth-order valence-electron chi connectivity index (χ4n) is 3.33. The van der Waals surface area contributed by atoms with Crippen molar-refractivity contribution in [1.82, 2.24) is 15.1 Å². The molecule has 0 bridgehead atoms. The Kier molecular flexibility index (Phi) is 7.23. The van der Waals surface area contributed by atoms with E-state index in [2.05, 4.69) is 10.4 Å². The topological polar surface area (TPSA) is 116 Å². The van der Waals surface area contributed by atoms with Gasteiger partial charge in [0.05, 0.1) is 16.8 Å². The van der Waals surface area contributed by atoms with Crippen molar-refractivity contribution < 1.29 is 22.3 Å². The molecule has 0 fully saturated rings. The molecule has 180 valence electrons. The molecule has 8 nitrogen and oxygen atoms in total. The maximum absolute atomic E-state index is 13.3. The van der Waals surface area contributed by atoms with Gasteiger partial charge in [0.25, 0.3) is 5.91 Å². The molecule has 0 saturated carbocycles. The van der Waals surface area contributed by atoms with Gasteiger partial charge in [-0.25, -0.2) is 22.6 Å². The van der Waals surface area contributed by atoms with Crippen molar-refractivity contribution in [3.8, 4) is 11.4 Å². The molecular formula is C25H23FN4O4S. The number of hydrogen-bond donors (Lipinski definition) is 2. The Morgan fingerprint density at radius 3 is 2.31 bits per heavy atom. The van der Waals surface area contributed by atoms with Crippen molar-refractivity contribution in [3.63, 3.8) is 0 Å². The number of hydrogen-bond acceptors (Lipinski definition) is 5. The summed E-state index contributed by atoms with van der Waals surface area (Å²) in [5, 5.41) is 12.3. The minimum Gasteiger partial charge on any atom is -0.485 e. The van der Waals surface area contributed by atoms with Crippen molar-refractivity contribution >= 4 is 15.9 Å². The highest BCUT2D eigenvalue weighted by Gasteiger charge is 2.19. The second-order valence-corrected chi connectivity index (χ2v) is 9.29. The number of nitrogens with two attached hydrogens (primary N) is 1. The Balaban J connectivity index is 1.47. The smallest absolute Gasteiger partial charge is 0.275 e. The Hall–Kier alpha value is -4.02. The van der Waals surface area contributed by atoms with Crippen LogP contribution in [0, 0.1) is 5.82 Å². The number of sulfonamides is 1. The number of ether oxygens (including phenoxy) is 1. The summed E-state index contributed by atoms with van der Waals surface area (Å²) in [5.41, 5.74) is 2.42. The minimum atomic E-state index is -3.76. The molecule has 0 unspecified atom stereocenters. The molecule has 1 heterocycles. The van der Waals surface area contributed by atoms with Crippen LogP contribution < -0.4 is 15.2 Å². The third-order valence-corrected chi connectivity index (χ3v) is 6.10. The summed E-state index contributed by atoms with van der Waals surface area (Å²) in [7, 11) is -3.76. The molecule has 3 N–H and O–H groups in total. The molecule has 0 radical (unpaired) electrons. The number of nitrogens with zero attached hydrogens (tertiary/aromatic N) is 2. The van der Waals surface area contributed by atoms with E-state index >= 15 is 0 Å². The van der Waals surface area contributed by atoms with E-state index in [9.17, 15) is 17.6 Å². The van der Waals surface area contributed by atoms with Crippen LogP contribution in [0.3, 0.4) is 0 Å². The van der Waals surface area contributed by atoms with E-state index in [1.54, 1.807) is 30.5 Å².